The Hall–Kier alpha value is -1.33. The van der Waals surface area contributed by atoms with Crippen LogP contribution in [-0.4, -0.2) is 8.42 Å². The molecule has 0 aliphatic heterocycles. The minimum atomic E-state index is -3.58. The second kappa shape index (κ2) is 7.29. The summed E-state index contributed by atoms with van der Waals surface area (Å²) in [5, 5.41) is 2.07. The summed E-state index contributed by atoms with van der Waals surface area (Å²) >= 11 is 11.9. The van der Waals surface area contributed by atoms with Gasteiger partial charge in [-0.3, -0.25) is 0 Å². The smallest absolute Gasteiger partial charge is 0.208 e. The van der Waals surface area contributed by atoms with Gasteiger partial charge in [-0.05, 0) is 36.3 Å². The largest absolute Gasteiger partial charge is 0.234 e. The molecule has 2 aromatic carbocycles. The Balaban J connectivity index is 2.13. The van der Waals surface area contributed by atoms with Crippen LogP contribution in [0.3, 0.4) is 0 Å². The Kier molecular flexibility index (Phi) is 5.64. The predicted octanol–water partition coefficient (Wildman–Crippen LogP) is 4.64. The fraction of sp³-hybridized carbons (Fsp3) is 0.125. The maximum Gasteiger partial charge on any atom is 0.234 e. The van der Waals surface area contributed by atoms with Crippen LogP contribution in [0.1, 0.15) is 24.1 Å². The van der Waals surface area contributed by atoms with Crippen molar-refractivity contribution in [1.29, 1.82) is 0 Å². The van der Waals surface area contributed by atoms with E-state index in [9.17, 15) is 8.42 Å². The minimum absolute atomic E-state index is 0.426. The molecule has 0 radical (unpaired) electrons. The zero-order valence-corrected chi connectivity index (χ0v) is 14.2. The molecule has 0 spiro atoms. The molecule has 0 saturated heterocycles. The number of rotatable bonds is 5. The van der Waals surface area contributed by atoms with Crippen LogP contribution in [0.2, 0.25) is 10.0 Å². The number of sulfonamides is 1. The summed E-state index contributed by atoms with van der Waals surface area (Å²) in [5.74, 6) is 0. The maximum absolute atomic E-state index is 12.1. The Labute approximate surface area is 140 Å². The van der Waals surface area contributed by atoms with Crippen molar-refractivity contribution in [2.45, 2.75) is 13.0 Å². The van der Waals surface area contributed by atoms with E-state index in [1.54, 1.807) is 31.2 Å². The highest BCUT2D eigenvalue weighted by molar-refractivity contribution is 7.92. The van der Waals surface area contributed by atoms with E-state index in [2.05, 4.69) is 4.72 Å². The highest BCUT2D eigenvalue weighted by atomic mass is 35.5. The first-order chi connectivity index (χ1) is 10.4. The van der Waals surface area contributed by atoms with Crippen molar-refractivity contribution in [3.63, 3.8) is 0 Å². The topological polar surface area (TPSA) is 46.2 Å². The second-order valence-corrected chi connectivity index (χ2v) is 7.21. The van der Waals surface area contributed by atoms with Crippen LogP contribution in [0.5, 0.6) is 0 Å². The van der Waals surface area contributed by atoms with Gasteiger partial charge >= 0.3 is 0 Å². The lowest BCUT2D eigenvalue weighted by Gasteiger charge is -2.14. The van der Waals surface area contributed by atoms with Gasteiger partial charge in [0.25, 0.3) is 0 Å². The number of hydrogen-bond acceptors (Lipinski definition) is 2. The molecule has 2 aromatic rings. The molecule has 0 saturated carbocycles. The van der Waals surface area contributed by atoms with E-state index < -0.39 is 16.1 Å². The molecular weight excluding hydrogens is 341 g/mol. The molecule has 0 aliphatic carbocycles. The van der Waals surface area contributed by atoms with Gasteiger partial charge in [-0.1, -0.05) is 59.6 Å². The summed E-state index contributed by atoms with van der Waals surface area (Å²) in [6.07, 6.45) is 1.54. The van der Waals surface area contributed by atoms with Crippen molar-refractivity contribution in [3.8, 4) is 0 Å². The van der Waals surface area contributed by atoms with Crippen LogP contribution >= 0.6 is 23.2 Å². The predicted molar refractivity (Wildman–Crippen MR) is 92.4 cm³/mol. The van der Waals surface area contributed by atoms with Gasteiger partial charge in [-0.15, -0.1) is 0 Å². The molecule has 0 unspecified atom stereocenters. The van der Waals surface area contributed by atoms with Crippen molar-refractivity contribution < 1.29 is 8.42 Å². The quantitative estimate of drug-likeness (QED) is 0.848. The molecule has 1 atom stereocenters. The van der Waals surface area contributed by atoms with E-state index in [1.807, 2.05) is 30.3 Å². The molecule has 0 fully saturated rings. The van der Waals surface area contributed by atoms with Crippen molar-refractivity contribution in [2.24, 2.45) is 0 Å². The van der Waals surface area contributed by atoms with Gasteiger partial charge in [0.2, 0.25) is 10.0 Å². The summed E-state index contributed by atoms with van der Waals surface area (Å²) in [6, 6.07) is 13.7. The van der Waals surface area contributed by atoms with Gasteiger partial charge in [0.05, 0.1) is 0 Å². The van der Waals surface area contributed by atoms with Gasteiger partial charge in [-0.2, -0.15) is 0 Å². The Morgan fingerprint density at radius 2 is 1.77 bits per heavy atom. The summed E-state index contributed by atoms with van der Waals surface area (Å²) < 4.78 is 26.8. The van der Waals surface area contributed by atoms with Gasteiger partial charge in [0, 0.05) is 21.5 Å². The Morgan fingerprint density at radius 1 is 1.09 bits per heavy atom. The zero-order valence-electron chi connectivity index (χ0n) is 11.8. The Morgan fingerprint density at radius 3 is 2.41 bits per heavy atom. The van der Waals surface area contributed by atoms with Crippen LogP contribution in [0.25, 0.3) is 6.08 Å². The molecule has 6 heteroatoms. The Bertz CT molecular complexity index is 774. The summed E-state index contributed by atoms with van der Waals surface area (Å²) in [4.78, 5) is 0. The van der Waals surface area contributed by atoms with Crippen LogP contribution in [0.4, 0.5) is 0 Å². The van der Waals surface area contributed by atoms with E-state index in [0.29, 0.717) is 15.6 Å². The molecule has 0 heterocycles. The standard InChI is InChI=1S/C16H15Cl2NO2S/c1-12(15-8-7-14(17)11-16(15)18)19-22(20,21)10-9-13-5-3-2-4-6-13/h2-12,19H,1H3/b10-9+/t12-/m0/s1. The summed E-state index contributed by atoms with van der Waals surface area (Å²) in [7, 11) is -3.58. The molecule has 0 aliphatic rings. The van der Waals surface area contributed by atoms with E-state index in [-0.39, 0.29) is 0 Å². The first-order valence-corrected chi connectivity index (χ1v) is 8.88. The van der Waals surface area contributed by atoms with Crippen LogP contribution < -0.4 is 4.72 Å². The monoisotopic (exact) mass is 355 g/mol. The molecule has 1 N–H and O–H groups in total. The van der Waals surface area contributed by atoms with Crippen molar-refractivity contribution in [1.82, 2.24) is 4.72 Å². The molecular formula is C16H15Cl2NO2S. The average molecular weight is 356 g/mol. The van der Waals surface area contributed by atoms with Crippen LogP contribution in [-0.2, 0) is 10.0 Å². The average Bonchev–Trinajstić information content (AvgIpc) is 2.45. The fourth-order valence-electron chi connectivity index (χ4n) is 1.93. The molecule has 3 nitrogen and oxygen atoms in total. The van der Waals surface area contributed by atoms with Crippen LogP contribution in [0.15, 0.2) is 53.9 Å². The van der Waals surface area contributed by atoms with Gasteiger partial charge in [0.1, 0.15) is 0 Å². The molecule has 2 rings (SSSR count). The second-order valence-electron chi connectivity index (χ2n) is 4.76. The number of nitrogens with one attached hydrogen (secondary N) is 1. The molecule has 22 heavy (non-hydrogen) atoms. The van der Waals surface area contributed by atoms with E-state index in [4.69, 9.17) is 23.2 Å². The molecule has 0 amide bonds. The summed E-state index contributed by atoms with van der Waals surface area (Å²) in [5.41, 5.74) is 1.48. The van der Waals surface area contributed by atoms with E-state index in [1.165, 1.54) is 0 Å². The van der Waals surface area contributed by atoms with Crippen LogP contribution in [0, 0.1) is 0 Å². The molecule has 116 valence electrons. The molecule has 0 bridgehead atoms. The van der Waals surface area contributed by atoms with E-state index in [0.717, 1.165) is 11.0 Å². The first-order valence-electron chi connectivity index (χ1n) is 6.58. The summed E-state index contributed by atoms with van der Waals surface area (Å²) in [6.45, 7) is 1.73. The van der Waals surface area contributed by atoms with Gasteiger partial charge in [-0.25, -0.2) is 13.1 Å². The van der Waals surface area contributed by atoms with Gasteiger partial charge < -0.3 is 0 Å². The zero-order chi connectivity index (χ0) is 16.2. The fourth-order valence-corrected chi connectivity index (χ4v) is 3.54. The number of benzene rings is 2. The first kappa shape index (κ1) is 17.0. The van der Waals surface area contributed by atoms with E-state index >= 15 is 0 Å². The van der Waals surface area contributed by atoms with Crippen molar-refractivity contribution in [3.05, 3.63) is 75.1 Å². The molecule has 0 aromatic heterocycles. The van der Waals surface area contributed by atoms with Crippen molar-refractivity contribution >= 4 is 39.3 Å². The lowest BCUT2D eigenvalue weighted by Crippen LogP contribution is -2.24. The third-order valence-electron chi connectivity index (χ3n) is 3.01. The third kappa shape index (κ3) is 4.85. The maximum atomic E-state index is 12.1. The van der Waals surface area contributed by atoms with Gasteiger partial charge in [0.15, 0.2) is 0 Å². The van der Waals surface area contributed by atoms with Crippen molar-refractivity contribution in [2.75, 3.05) is 0 Å². The highest BCUT2D eigenvalue weighted by Gasteiger charge is 2.15. The minimum Gasteiger partial charge on any atom is -0.208 e. The third-order valence-corrected chi connectivity index (χ3v) is 4.75. The number of hydrogen-bond donors (Lipinski definition) is 1. The normalized spacial score (nSPS) is 13.4. The lowest BCUT2D eigenvalue weighted by atomic mass is 10.1. The number of halogens is 2. The highest BCUT2D eigenvalue weighted by Crippen LogP contribution is 2.26. The SMILES string of the molecule is C[C@H](NS(=O)(=O)/C=C/c1ccccc1)c1ccc(Cl)cc1Cl. The lowest BCUT2D eigenvalue weighted by molar-refractivity contribution is 0.576.